The molecule has 1 saturated heterocycles. The molecule has 2 aromatic rings. The number of carbonyl (C=O) groups excluding carboxylic acids is 1. The molecule has 0 N–H and O–H groups in total. The predicted molar refractivity (Wildman–Crippen MR) is 106 cm³/mol. The lowest BCUT2D eigenvalue weighted by Gasteiger charge is -2.34. The van der Waals surface area contributed by atoms with Gasteiger partial charge in [-0.3, -0.25) is 9.69 Å². The number of aryl methyl sites for hydroxylation is 1. The number of hydrogen-bond donors (Lipinski definition) is 0. The van der Waals surface area contributed by atoms with Gasteiger partial charge >= 0.3 is 0 Å². The second-order valence-electron chi connectivity index (χ2n) is 6.89. The molecular formula is C22H27FN2O3. The van der Waals surface area contributed by atoms with E-state index in [2.05, 4.69) is 4.90 Å². The molecule has 3 rings (SSSR count). The van der Waals surface area contributed by atoms with Crippen molar-refractivity contribution >= 4 is 5.91 Å². The third kappa shape index (κ3) is 5.70. The lowest BCUT2D eigenvalue weighted by Crippen LogP contribution is -2.50. The SMILES string of the molecule is COc1ccccc1OCC(=O)N1CCN(CCCc2ccc(F)cc2)CC1. The summed E-state index contributed by atoms with van der Waals surface area (Å²) in [6, 6.07) is 14.0. The van der Waals surface area contributed by atoms with Crippen LogP contribution in [0.2, 0.25) is 0 Å². The topological polar surface area (TPSA) is 42.0 Å². The summed E-state index contributed by atoms with van der Waals surface area (Å²) in [5.41, 5.74) is 1.16. The zero-order valence-corrected chi connectivity index (χ0v) is 16.3. The van der Waals surface area contributed by atoms with Crippen molar-refractivity contribution in [2.75, 3.05) is 46.4 Å². The second kappa shape index (κ2) is 10.1. The van der Waals surface area contributed by atoms with Crippen LogP contribution in [0.1, 0.15) is 12.0 Å². The van der Waals surface area contributed by atoms with Gasteiger partial charge in [0.25, 0.3) is 5.91 Å². The molecule has 0 atom stereocenters. The summed E-state index contributed by atoms with van der Waals surface area (Å²) in [5, 5.41) is 0. The molecule has 1 aliphatic heterocycles. The van der Waals surface area contributed by atoms with Crippen LogP contribution in [-0.2, 0) is 11.2 Å². The summed E-state index contributed by atoms with van der Waals surface area (Å²) in [4.78, 5) is 16.6. The third-order valence-corrected chi connectivity index (χ3v) is 5.00. The fourth-order valence-electron chi connectivity index (χ4n) is 3.35. The number of ether oxygens (including phenoxy) is 2. The summed E-state index contributed by atoms with van der Waals surface area (Å²) in [5.74, 6) is 1.01. The van der Waals surface area contributed by atoms with Gasteiger partial charge < -0.3 is 14.4 Å². The lowest BCUT2D eigenvalue weighted by molar-refractivity contribution is -0.135. The van der Waals surface area contributed by atoms with Crippen LogP contribution in [0.4, 0.5) is 4.39 Å². The molecule has 1 fully saturated rings. The largest absolute Gasteiger partial charge is 0.493 e. The highest BCUT2D eigenvalue weighted by molar-refractivity contribution is 5.78. The first-order chi connectivity index (χ1) is 13.7. The first kappa shape index (κ1) is 20.1. The number of carbonyl (C=O) groups is 1. The van der Waals surface area contributed by atoms with Crippen LogP contribution in [0, 0.1) is 5.82 Å². The zero-order chi connectivity index (χ0) is 19.8. The predicted octanol–water partition coefficient (Wildman–Crippen LogP) is 2.99. The van der Waals surface area contributed by atoms with Crippen LogP contribution in [0.15, 0.2) is 48.5 Å². The molecule has 0 spiro atoms. The van der Waals surface area contributed by atoms with E-state index in [-0.39, 0.29) is 18.3 Å². The van der Waals surface area contributed by atoms with E-state index in [1.165, 1.54) is 12.1 Å². The van der Waals surface area contributed by atoms with E-state index >= 15 is 0 Å². The number of amides is 1. The summed E-state index contributed by atoms with van der Waals surface area (Å²) in [7, 11) is 1.58. The maximum atomic E-state index is 12.9. The number of para-hydroxylation sites is 2. The highest BCUT2D eigenvalue weighted by Crippen LogP contribution is 2.25. The van der Waals surface area contributed by atoms with E-state index in [0.29, 0.717) is 24.6 Å². The molecule has 0 aliphatic carbocycles. The Morgan fingerprint density at radius 2 is 1.68 bits per heavy atom. The summed E-state index contributed by atoms with van der Waals surface area (Å²) in [6.45, 7) is 4.16. The summed E-state index contributed by atoms with van der Waals surface area (Å²) >= 11 is 0. The van der Waals surface area contributed by atoms with Crippen LogP contribution in [0.25, 0.3) is 0 Å². The quantitative estimate of drug-likeness (QED) is 0.700. The van der Waals surface area contributed by atoms with Crippen molar-refractivity contribution in [1.82, 2.24) is 9.80 Å². The highest BCUT2D eigenvalue weighted by atomic mass is 19.1. The average Bonchev–Trinajstić information content (AvgIpc) is 2.74. The van der Waals surface area contributed by atoms with Gasteiger partial charge in [-0.15, -0.1) is 0 Å². The average molecular weight is 386 g/mol. The number of nitrogens with zero attached hydrogens (tertiary/aromatic N) is 2. The number of methoxy groups -OCH3 is 1. The number of rotatable bonds is 8. The number of benzene rings is 2. The Hall–Kier alpha value is -2.60. The minimum Gasteiger partial charge on any atom is -0.493 e. The third-order valence-electron chi connectivity index (χ3n) is 5.00. The van der Waals surface area contributed by atoms with Gasteiger partial charge in [-0.25, -0.2) is 4.39 Å². The maximum absolute atomic E-state index is 12.9. The molecule has 0 unspecified atom stereocenters. The minimum atomic E-state index is -0.195. The van der Waals surface area contributed by atoms with Gasteiger partial charge in [0.2, 0.25) is 0 Å². The van der Waals surface area contributed by atoms with Crippen molar-refractivity contribution in [3.8, 4) is 11.5 Å². The molecule has 0 aromatic heterocycles. The standard InChI is InChI=1S/C22H27FN2O3/c1-27-20-6-2-3-7-21(20)28-17-22(26)25-15-13-24(14-16-25)12-4-5-18-8-10-19(23)11-9-18/h2-3,6-11H,4-5,12-17H2,1H3. The normalized spacial score (nSPS) is 14.7. The van der Waals surface area contributed by atoms with Crippen molar-refractivity contribution in [2.24, 2.45) is 0 Å². The Balaban J connectivity index is 1.36. The van der Waals surface area contributed by atoms with E-state index in [0.717, 1.165) is 38.0 Å². The highest BCUT2D eigenvalue weighted by Gasteiger charge is 2.21. The molecule has 0 radical (unpaired) electrons. The van der Waals surface area contributed by atoms with Gasteiger partial charge in [0, 0.05) is 26.2 Å². The molecule has 28 heavy (non-hydrogen) atoms. The van der Waals surface area contributed by atoms with Gasteiger partial charge in [0.05, 0.1) is 7.11 Å². The molecule has 1 aliphatic rings. The number of halogens is 1. The van der Waals surface area contributed by atoms with Crippen molar-refractivity contribution in [3.63, 3.8) is 0 Å². The fraction of sp³-hybridized carbons (Fsp3) is 0.409. The van der Waals surface area contributed by atoms with Gasteiger partial charge in [-0.2, -0.15) is 0 Å². The van der Waals surface area contributed by atoms with Gasteiger partial charge in [-0.05, 0) is 49.2 Å². The minimum absolute atomic E-state index is 0.00290. The lowest BCUT2D eigenvalue weighted by atomic mass is 10.1. The van der Waals surface area contributed by atoms with Crippen LogP contribution in [0.5, 0.6) is 11.5 Å². The smallest absolute Gasteiger partial charge is 0.260 e. The van der Waals surface area contributed by atoms with Crippen molar-refractivity contribution in [3.05, 3.63) is 59.9 Å². The number of piperazine rings is 1. The van der Waals surface area contributed by atoms with Crippen LogP contribution < -0.4 is 9.47 Å². The van der Waals surface area contributed by atoms with Gasteiger partial charge in [-0.1, -0.05) is 24.3 Å². The van der Waals surface area contributed by atoms with Gasteiger partial charge in [0.1, 0.15) is 5.82 Å². The van der Waals surface area contributed by atoms with Crippen molar-refractivity contribution < 1.29 is 18.7 Å². The Bertz CT molecular complexity index is 759. The molecule has 6 heteroatoms. The first-order valence-corrected chi connectivity index (χ1v) is 9.66. The zero-order valence-electron chi connectivity index (χ0n) is 16.3. The van der Waals surface area contributed by atoms with E-state index < -0.39 is 0 Å². The van der Waals surface area contributed by atoms with Gasteiger partial charge in [0.15, 0.2) is 18.1 Å². The summed E-state index contributed by atoms with van der Waals surface area (Å²) in [6.07, 6.45) is 1.96. The van der Waals surface area contributed by atoms with Crippen LogP contribution >= 0.6 is 0 Å². The van der Waals surface area contributed by atoms with Crippen LogP contribution in [0.3, 0.4) is 0 Å². The first-order valence-electron chi connectivity index (χ1n) is 9.66. The molecule has 0 bridgehead atoms. The molecule has 1 amide bonds. The molecule has 0 saturated carbocycles. The van der Waals surface area contributed by atoms with Crippen LogP contribution in [-0.4, -0.2) is 62.1 Å². The Morgan fingerprint density at radius 1 is 1.00 bits per heavy atom. The Kier molecular flexibility index (Phi) is 7.25. The van der Waals surface area contributed by atoms with E-state index in [9.17, 15) is 9.18 Å². The molecule has 150 valence electrons. The van der Waals surface area contributed by atoms with E-state index in [4.69, 9.17) is 9.47 Å². The summed E-state index contributed by atoms with van der Waals surface area (Å²) < 4.78 is 23.8. The Labute approximate surface area is 165 Å². The van der Waals surface area contributed by atoms with Crippen molar-refractivity contribution in [1.29, 1.82) is 0 Å². The van der Waals surface area contributed by atoms with E-state index in [1.807, 2.05) is 35.2 Å². The van der Waals surface area contributed by atoms with E-state index in [1.54, 1.807) is 13.2 Å². The fourth-order valence-corrected chi connectivity index (χ4v) is 3.35. The monoisotopic (exact) mass is 386 g/mol. The Morgan fingerprint density at radius 3 is 2.36 bits per heavy atom. The van der Waals surface area contributed by atoms with Crippen molar-refractivity contribution in [2.45, 2.75) is 12.8 Å². The molecule has 5 nitrogen and oxygen atoms in total. The number of hydrogen-bond acceptors (Lipinski definition) is 4. The molecule has 1 heterocycles. The second-order valence-corrected chi connectivity index (χ2v) is 6.89. The molecule has 2 aromatic carbocycles. The molecular weight excluding hydrogens is 359 g/mol. The maximum Gasteiger partial charge on any atom is 0.260 e.